The molecule has 1 aliphatic rings. The van der Waals surface area contributed by atoms with Crippen LogP contribution < -0.4 is 14.8 Å². The number of rotatable bonds is 4. The highest BCUT2D eigenvalue weighted by molar-refractivity contribution is 5.82. The molecule has 136 valence electrons. The van der Waals surface area contributed by atoms with Crippen molar-refractivity contribution in [2.45, 2.75) is 19.1 Å². The van der Waals surface area contributed by atoms with E-state index in [-0.39, 0.29) is 18.6 Å². The third kappa shape index (κ3) is 3.65. The molecule has 1 amide bonds. The molecule has 0 fully saturated rings. The summed E-state index contributed by atoms with van der Waals surface area (Å²) in [5.74, 6) is 1.07. The Labute approximate surface area is 158 Å². The van der Waals surface area contributed by atoms with Crippen LogP contribution in [0.3, 0.4) is 0 Å². The zero-order valence-electron chi connectivity index (χ0n) is 15.1. The SMILES string of the molecule is Cc1ccccc1[C@H](NC(=O)[C@H]1COc2ccccc2O1)c1ccccc1. The Hall–Kier alpha value is -3.27. The van der Waals surface area contributed by atoms with Crippen LogP contribution in [0.25, 0.3) is 0 Å². The molecule has 0 bridgehead atoms. The third-order valence-corrected chi connectivity index (χ3v) is 4.72. The van der Waals surface area contributed by atoms with Crippen molar-refractivity contribution in [1.29, 1.82) is 0 Å². The van der Waals surface area contributed by atoms with Crippen molar-refractivity contribution in [3.05, 3.63) is 95.6 Å². The normalized spacial score (nSPS) is 16.4. The van der Waals surface area contributed by atoms with Gasteiger partial charge in [-0.1, -0.05) is 66.7 Å². The van der Waals surface area contributed by atoms with Gasteiger partial charge in [0.25, 0.3) is 5.91 Å². The van der Waals surface area contributed by atoms with E-state index in [0.717, 1.165) is 16.7 Å². The Morgan fingerprint density at radius 1 is 0.926 bits per heavy atom. The van der Waals surface area contributed by atoms with Crippen LogP contribution in [0.2, 0.25) is 0 Å². The number of nitrogens with one attached hydrogen (secondary N) is 1. The van der Waals surface area contributed by atoms with Gasteiger partial charge in [-0.05, 0) is 35.7 Å². The van der Waals surface area contributed by atoms with Gasteiger partial charge < -0.3 is 14.8 Å². The van der Waals surface area contributed by atoms with E-state index >= 15 is 0 Å². The standard InChI is InChI=1S/C23H21NO3/c1-16-9-5-6-12-18(16)22(17-10-3-2-4-11-17)24-23(25)21-15-26-19-13-7-8-14-20(19)27-21/h2-14,21-22H,15H2,1H3,(H,24,25)/t21-,22-/m1/s1. The van der Waals surface area contributed by atoms with Crippen molar-refractivity contribution in [2.24, 2.45) is 0 Å². The molecule has 1 heterocycles. The maximum atomic E-state index is 13.0. The largest absolute Gasteiger partial charge is 0.485 e. The molecule has 0 aliphatic carbocycles. The third-order valence-electron chi connectivity index (χ3n) is 4.72. The van der Waals surface area contributed by atoms with E-state index in [1.165, 1.54) is 0 Å². The zero-order valence-corrected chi connectivity index (χ0v) is 15.1. The van der Waals surface area contributed by atoms with Crippen LogP contribution in [0.1, 0.15) is 22.7 Å². The van der Waals surface area contributed by atoms with E-state index < -0.39 is 6.10 Å². The van der Waals surface area contributed by atoms with Gasteiger partial charge in [-0.2, -0.15) is 0 Å². The van der Waals surface area contributed by atoms with E-state index in [0.29, 0.717) is 11.5 Å². The molecule has 4 nitrogen and oxygen atoms in total. The quantitative estimate of drug-likeness (QED) is 0.765. The van der Waals surface area contributed by atoms with Gasteiger partial charge in [-0.15, -0.1) is 0 Å². The lowest BCUT2D eigenvalue weighted by Gasteiger charge is -2.28. The summed E-state index contributed by atoms with van der Waals surface area (Å²) in [6.07, 6.45) is -0.685. The summed E-state index contributed by atoms with van der Waals surface area (Å²) in [6, 6.07) is 25.2. The summed E-state index contributed by atoms with van der Waals surface area (Å²) in [7, 11) is 0. The predicted molar refractivity (Wildman–Crippen MR) is 104 cm³/mol. The highest BCUT2D eigenvalue weighted by Crippen LogP contribution is 2.31. The van der Waals surface area contributed by atoms with Crippen LogP contribution in [0, 0.1) is 6.92 Å². The molecule has 0 radical (unpaired) electrons. The van der Waals surface area contributed by atoms with Gasteiger partial charge >= 0.3 is 0 Å². The molecular formula is C23H21NO3. The molecule has 1 aliphatic heterocycles. The van der Waals surface area contributed by atoms with Gasteiger partial charge in [-0.25, -0.2) is 0 Å². The minimum atomic E-state index is -0.685. The molecule has 0 unspecified atom stereocenters. The highest BCUT2D eigenvalue weighted by Gasteiger charge is 2.29. The summed E-state index contributed by atoms with van der Waals surface area (Å²) in [4.78, 5) is 13.0. The number of hydrogen-bond donors (Lipinski definition) is 1. The van der Waals surface area contributed by atoms with Crippen LogP contribution in [-0.2, 0) is 4.79 Å². The lowest BCUT2D eigenvalue weighted by Crippen LogP contribution is -2.45. The molecule has 0 saturated carbocycles. The molecule has 1 N–H and O–H groups in total. The van der Waals surface area contributed by atoms with E-state index in [9.17, 15) is 4.79 Å². The van der Waals surface area contributed by atoms with Gasteiger partial charge in [0.05, 0.1) is 6.04 Å². The molecule has 2 atom stereocenters. The first-order chi connectivity index (χ1) is 13.2. The number of benzene rings is 3. The van der Waals surface area contributed by atoms with E-state index in [1.807, 2.05) is 85.8 Å². The van der Waals surface area contributed by atoms with E-state index in [2.05, 4.69) is 5.32 Å². The average molecular weight is 359 g/mol. The van der Waals surface area contributed by atoms with Crippen molar-refractivity contribution in [2.75, 3.05) is 6.61 Å². The van der Waals surface area contributed by atoms with Crippen molar-refractivity contribution in [1.82, 2.24) is 5.32 Å². The van der Waals surface area contributed by atoms with Gasteiger partial charge in [0.1, 0.15) is 6.61 Å². The fourth-order valence-electron chi connectivity index (χ4n) is 3.28. The summed E-state index contributed by atoms with van der Waals surface area (Å²) in [6.45, 7) is 2.24. The van der Waals surface area contributed by atoms with Crippen LogP contribution in [-0.4, -0.2) is 18.6 Å². The first kappa shape index (κ1) is 17.2. The number of amides is 1. The summed E-state index contributed by atoms with van der Waals surface area (Å²) in [5, 5.41) is 3.15. The molecule has 0 saturated heterocycles. The van der Waals surface area contributed by atoms with Crippen molar-refractivity contribution < 1.29 is 14.3 Å². The number of fused-ring (bicyclic) bond motifs is 1. The number of hydrogen-bond acceptors (Lipinski definition) is 3. The maximum Gasteiger partial charge on any atom is 0.265 e. The van der Waals surface area contributed by atoms with Gasteiger partial charge in [0.2, 0.25) is 6.10 Å². The maximum absolute atomic E-state index is 13.0. The first-order valence-corrected chi connectivity index (χ1v) is 9.02. The summed E-state index contributed by atoms with van der Waals surface area (Å²) in [5.41, 5.74) is 3.21. The van der Waals surface area contributed by atoms with Crippen LogP contribution in [0.4, 0.5) is 0 Å². The lowest BCUT2D eigenvalue weighted by atomic mass is 9.95. The summed E-state index contributed by atoms with van der Waals surface area (Å²) < 4.78 is 11.5. The molecular weight excluding hydrogens is 338 g/mol. The van der Waals surface area contributed by atoms with Crippen molar-refractivity contribution in [3.63, 3.8) is 0 Å². The number of ether oxygens (including phenoxy) is 2. The Morgan fingerprint density at radius 3 is 2.37 bits per heavy atom. The Balaban J connectivity index is 1.59. The highest BCUT2D eigenvalue weighted by atomic mass is 16.6. The number of para-hydroxylation sites is 2. The van der Waals surface area contributed by atoms with Gasteiger partial charge in [-0.3, -0.25) is 4.79 Å². The molecule has 0 aromatic heterocycles. The second-order valence-electron chi connectivity index (χ2n) is 6.57. The zero-order chi connectivity index (χ0) is 18.6. The lowest BCUT2D eigenvalue weighted by molar-refractivity contribution is -0.130. The summed E-state index contributed by atoms with van der Waals surface area (Å²) >= 11 is 0. The molecule has 3 aromatic carbocycles. The first-order valence-electron chi connectivity index (χ1n) is 9.02. The van der Waals surface area contributed by atoms with E-state index in [4.69, 9.17) is 9.47 Å². The second-order valence-corrected chi connectivity index (χ2v) is 6.57. The van der Waals surface area contributed by atoms with Gasteiger partial charge in [0.15, 0.2) is 11.5 Å². The van der Waals surface area contributed by atoms with Crippen LogP contribution in [0.15, 0.2) is 78.9 Å². The monoisotopic (exact) mass is 359 g/mol. The average Bonchev–Trinajstić information content (AvgIpc) is 2.73. The van der Waals surface area contributed by atoms with E-state index in [1.54, 1.807) is 0 Å². The Morgan fingerprint density at radius 2 is 1.59 bits per heavy atom. The molecule has 4 heteroatoms. The molecule has 3 aromatic rings. The van der Waals surface area contributed by atoms with Gasteiger partial charge in [0, 0.05) is 0 Å². The van der Waals surface area contributed by atoms with Crippen molar-refractivity contribution >= 4 is 5.91 Å². The Kier molecular flexibility index (Phi) is 4.79. The fourth-order valence-corrected chi connectivity index (χ4v) is 3.28. The minimum Gasteiger partial charge on any atom is -0.485 e. The minimum absolute atomic E-state index is 0.193. The smallest absolute Gasteiger partial charge is 0.265 e. The number of carbonyl (C=O) groups is 1. The Bertz CT molecular complexity index is 939. The van der Waals surface area contributed by atoms with Crippen LogP contribution in [0.5, 0.6) is 11.5 Å². The predicted octanol–water partition coefficient (Wildman–Crippen LogP) is 4.04. The topological polar surface area (TPSA) is 47.6 Å². The number of aryl methyl sites for hydroxylation is 1. The molecule has 0 spiro atoms. The number of carbonyl (C=O) groups excluding carboxylic acids is 1. The van der Waals surface area contributed by atoms with Crippen molar-refractivity contribution in [3.8, 4) is 11.5 Å². The molecule has 27 heavy (non-hydrogen) atoms. The fraction of sp³-hybridized carbons (Fsp3) is 0.174. The van der Waals surface area contributed by atoms with Crippen LogP contribution >= 0.6 is 0 Å². The molecule has 4 rings (SSSR count). The second kappa shape index (κ2) is 7.54.